The number of ether oxygens (including phenoxy) is 1. The molecule has 41 heavy (non-hydrogen) atoms. The van der Waals surface area contributed by atoms with Gasteiger partial charge < -0.3 is 14.6 Å². The number of benzene rings is 2. The molecule has 1 aliphatic rings. The molecule has 0 amide bonds. The van der Waals surface area contributed by atoms with Crippen molar-refractivity contribution in [1.82, 2.24) is 9.88 Å². The summed E-state index contributed by atoms with van der Waals surface area (Å²) in [5.74, 6) is -0.354. The fourth-order valence-electron chi connectivity index (χ4n) is 5.39. The van der Waals surface area contributed by atoms with Crippen molar-refractivity contribution in [3.63, 3.8) is 0 Å². The molecule has 8 nitrogen and oxygen atoms in total. The van der Waals surface area contributed by atoms with E-state index in [2.05, 4.69) is 4.98 Å². The van der Waals surface area contributed by atoms with Gasteiger partial charge in [-0.1, -0.05) is 13.0 Å². The molecule has 1 aliphatic heterocycles. The number of H-pyrrole nitrogens is 1. The Hall–Kier alpha value is -3.50. The minimum absolute atomic E-state index is 0.0251. The first-order valence-corrected chi connectivity index (χ1v) is 15.2. The summed E-state index contributed by atoms with van der Waals surface area (Å²) >= 11 is 0. The normalized spacial score (nSPS) is 15.1. The topological polar surface area (TPSA) is 99.8 Å². The molecule has 0 saturated carbocycles. The van der Waals surface area contributed by atoms with Crippen molar-refractivity contribution >= 4 is 21.5 Å². The highest BCUT2D eigenvalue weighted by molar-refractivity contribution is 7.93. The van der Waals surface area contributed by atoms with Crippen LogP contribution < -0.4 is 14.6 Å². The Morgan fingerprint density at radius 1 is 1.17 bits per heavy atom. The molecule has 3 aromatic rings. The number of ketones is 1. The molecule has 1 atom stereocenters. The SMILES string of the molecule is COc1cc(C)[nH]c(=O)c1CCC(=O)c1cc(-c2ccc(F)c(CN(C)C)c2)cc2c1C(C)CN2S(=O)(=O)C(C)C. The Kier molecular flexibility index (Phi) is 8.75. The average Bonchev–Trinajstić information content (AvgIpc) is 3.24. The number of aromatic nitrogens is 1. The van der Waals surface area contributed by atoms with Gasteiger partial charge in [-0.25, -0.2) is 12.8 Å². The van der Waals surface area contributed by atoms with Crippen LogP contribution in [0.3, 0.4) is 0 Å². The second-order valence-electron chi connectivity index (χ2n) is 11.3. The first kappa shape index (κ1) is 30.5. The maximum atomic E-state index is 14.6. The Balaban J connectivity index is 1.84. The van der Waals surface area contributed by atoms with Gasteiger partial charge in [-0.3, -0.25) is 13.9 Å². The Morgan fingerprint density at radius 3 is 2.51 bits per heavy atom. The van der Waals surface area contributed by atoms with Crippen molar-refractivity contribution in [2.75, 3.05) is 32.1 Å². The molecule has 2 heterocycles. The maximum Gasteiger partial charge on any atom is 0.255 e. The van der Waals surface area contributed by atoms with E-state index in [0.717, 1.165) is 0 Å². The lowest BCUT2D eigenvalue weighted by atomic mass is 9.89. The summed E-state index contributed by atoms with van der Waals surface area (Å²) in [4.78, 5) is 31.1. The minimum Gasteiger partial charge on any atom is -0.496 e. The predicted octanol–water partition coefficient (Wildman–Crippen LogP) is 5.04. The molecule has 0 aliphatic carbocycles. The molecule has 1 aromatic heterocycles. The highest BCUT2D eigenvalue weighted by Gasteiger charge is 2.38. The molecule has 1 unspecified atom stereocenters. The molecule has 2 aromatic carbocycles. The molecule has 0 saturated heterocycles. The molecule has 0 radical (unpaired) electrons. The van der Waals surface area contributed by atoms with Gasteiger partial charge >= 0.3 is 0 Å². The van der Waals surface area contributed by atoms with Crippen LogP contribution in [0.25, 0.3) is 11.1 Å². The van der Waals surface area contributed by atoms with E-state index in [9.17, 15) is 22.4 Å². The van der Waals surface area contributed by atoms with Gasteiger partial charge in [0.25, 0.3) is 5.56 Å². The van der Waals surface area contributed by atoms with E-state index in [1.807, 2.05) is 25.9 Å². The number of pyridine rings is 1. The molecule has 0 bridgehead atoms. The summed E-state index contributed by atoms with van der Waals surface area (Å²) in [5.41, 5.74) is 4.06. The van der Waals surface area contributed by atoms with Crippen molar-refractivity contribution in [3.05, 3.63) is 80.5 Å². The number of aromatic amines is 1. The van der Waals surface area contributed by atoms with Gasteiger partial charge in [-0.15, -0.1) is 0 Å². The zero-order chi connectivity index (χ0) is 30.2. The fourth-order valence-corrected chi connectivity index (χ4v) is 6.75. The third-order valence-electron chi connectivity index (χ3n) is 7.48. The lowest BCUT2D eigenvalue weighted by Gasteiger charge is -2.23. The van der Waals surface area contributed by atoms with Crippen LogP contribution in [0.4, 0.5) is 10.1 Å². The fraction of sp³-hybridized carbons (Fsp3) is 0.419. The van der Waals surface area contributed by atoms with Crippen LogP contribution in [0.1, 0.15) is 65.9 Å². The van der Waals surface area contributed by atoms with E-state index in [0.29, 0.717) is 57.1 Å². The second kappa shape index (κ2) is 11.8. The molecule has 0 fully saturated rings. The van der Waals surface area contributed by atoms with E-state index in [4.69, 9.17) is 4.74 Å². The van der Waals surface area contributed by atoms with Crippen molar-refractivity contribution in [3.8, 4) is 16.9 Å². The molecular weight excluding hydrogens is 545 g/mol. The largest absolute Gasteiger partial charge is 0.496 e. The van der Waals surface area contributed by atoms with Crippen molar-refractivity contribution in [2.24, 2.45) is 0 Å². The average molecular weight is 584 g/mol. The molecule has 4 rings (SSSR count). The Bertz CT molecular complexity index is 1650. The standard InChI is InChI=1S/C31H38FN3O5S/c1-18(2)41(38,39)35-16-19(3)30-25(28(36)11-9-24-29(40-7)12-20(4)33-31(24)37)14-22(15-27(30)35)21-8-10-26(32)23(13-21)17-34(5)6/h8,10,12-15,18-19H,9,11,16-17H2,1-7H3,(H,33,37). The van der Waals surface area contributed by atoms with Crippen LogP contribution >= 0.6 is 0 Å². The monoisotopic (exact) mass is 583 g/mol. The number of carbonyl (C=O) groups excluding carboxylic acids is 1. The maximum absolute atomic E-state index is 14.6. The van der Waals surface area contributed by atoms with Crippen LogP contribution in [0.5, 0.6) is 5.75 Å². The second-order valence-corrected chi connectivity index (χ2v) is 13.7. The van der Waals surface area contributed by atoms with Crippen molar-refractivity contribution in [1.29, 1.82) is 0 Å². The lowest BCUT2D eigenvalue weighted by molar-refractivity contribution is 0.0981. The van der Waals surface area contributed by atoms with Gasteiger partial charge in [0.15, 0.2) is 5.78 Å². The van der Waals surface area contributed by atoms with Gasteiger partial charge in [0.1, 0.15) is 11.6 Å². The van der Waals surface area contributed by atoms with Crippen LogP contribution in [0.15, 0.2) is 41.2 Å². The van der Waals surface area contributed by atoms with Crippen molar-refractivity contribution in [2.45, 2.75) is 58.2 Å². The summed E-state index contributed by atoms with van der Waals surface area (Å²) < 4.78 is 48.1. The number of Topliss-reactive ketones (excluding diaryl/α,β-unsaturated/α-hetero) is 1. The first-order valence-electron chi connectivity index (χ1n) is 13.7. The Morgan fingerprint density at radius 2 is 1.88 bits per heavy atom. The van der Waals surface area contributed by atoms with Crippen LogP contribution in [0, 0.1) is 12.7 Å². The van der Waals surface area contributed by atoms with E-state index in [1.165, 1.54) is 17.5 Å². The Labute approximate surface area is 241 Å². The number of sulfonamides is 1. The van der Waals surface area contributed by atoms with Crippen molar-refractivity contribution < 1.29 is 22.3 Å². The lowest BCUT2D eigenvalue weighted by Crippen LogP contribution is -2.35. The van der Waals surface area contributed by atoms with E-state index in [-0.39, 0.29) is 42.5 Å². The number of nitrogens with zero attached hydrogens (tertiary/aromatic N) is 2. The number of anilines is 1. The highest BCUT2D eigenvalue weighted by atomic mass is 32.2. The number of fused-ring (bicyclic) bond motifs is 1. The minimum atomic E-state index is -3.68. The van der Waals surface area contributed by atoms with Gasteiger partial charge in [-0.05, 0) is 88.3 Å². The quantitative estimate of drug-likeness (QED) is 0.336. The van der Waals surface area contributed by atoms with Gasteiger partial charge in [0.05, 0.1) is 23.6 Å². The molecule has 1 N–H and O–H groups in total. The predicted molar refractivity (Wildman–Crippen MR) is 160 cm³/mol. The van der Waals surface area contributed by atoms with Crippen LogP contribution in [0.2, 0.25) is 0 Å². The number of nitrogens with one attached hydrogen (secondary N) is 1. The van der Waals surface area contributed by atoms with E-state index in [1.54, 1.807) is 51.1 Å². The summed E-state index contributed by atoms with van der Waals surface area (Å²) in [5, 5.41) is -0.651. The van der Waals surface area contributed by atoms with Gasteiger partial charge in [0.2, 0.25) is 10.0 Å². The number of aryl methyl sites for hydroxylation is 1. The summed E-state index contributed by atoms with van der Waals surface area (Å²) in [6.07, 6.45) is 0.180. The van der Waals surface area contributed by atoms with Gasteiger partial charge in [-0.2, -0.15) is 0 Å². The van der Waals surface area contributed by atoms with E-state index >= 15 is 0 Å². The number of halogens is 1. The van der Waals surface area contributed by atoms with Crippen LogP contribution in [-0.2, 0) is 23.0 Å². The third kappa shape index (κ3) is 6.08. The van der Waals surface area contributed by atoms with Crippen LogP contribution in [-0.4, -0.2) is 57.1 Å². The summed E-state index contributed by atoms with van der Waals surface area (Å²) in [6.45, 7) is 7.54. The molecule has 10 heteroatoms. The zero-order valence-corrected chi connectivity index (χ0v) is 25.5. The highest BCUT2D eigenvalue weighted by Crippen LogP contribution is 2.44. The number of carbonyl (C=O) groups is 1. The summed E-state index contributed by atoms with van der Waals surface area (Å²) in [7, 11) is 1.50. The smallest absolute Gasteiger partial charge is 0.255 e. The van der Waals surface area contributed by atoms with E-state index < -0.39 is 15.3 Å². The third-order valence-corrected chi connectivity index (χ3v) is 9.63. The number of hydrogen-bond donors (Lipinski definition) is 1. The van der Waals surface area contributed by atoms with Gasteiger partial charge in [0, 0.05) is 42.2 Å². The molecule has 0 spiro atoms. The summed E-state index contributed by atoms with van der Waals surface area (Å²) in [6, 6.07) is 10.0. The zero-order valence-electron chi connectivity index (χ0n) is 24.7. The number of rotatable bonds is 10. The number of hydrogen-bond acceptors (Lipinski definition) is 6. The number of methoxy groups -OCH3 is 1. The molecular formula is C31H38FN3O5S. The molecule has 220 valence electrons. The first-order chi connectivity index (χ1) is 19.2.